The monoisotopic (exact) mass is 244 g/mol. The van der Waals surface area contributed by atoms with E-state index in [0.29, 0.717) is 0 Å². The Hall–Kier alpha value is -1.04. The molecule has 0 aliphatic heterocycles. The molecule has 1 aromatic carbocycles. The summed E-state index contributed by atoms with van der Waals surface area (Å²) in [6.07, 6.45) is 5.79. The van der Waals surface area contributed by atoms with E-state index in [1.54, 1.807) is 16.7 Å². The molecule has 0 aliphatic rings. The largest absolute Gasteiger partial charge is 0.0670 e. The molecule has 0 nitrogen and oxygen atoms in total. The van der Waals surface area contributed by atoms with Crippen molar-refractivity contribution in [3.05, 3.63) is 40.5 Å². The lowest BCUT2D eigenvalue weighted by atomic mass is 9.87. The number of hydrogen-bond donors (Lipinski definition) is 0. The zero-order chi connectivity index (χ0) is 13.5. The Labute approximate surface area is 113 Å². The normalized spacial score (nSPS) is 10.5. The first-order valence-corrected chi connectivity index (χ1v) is 7.55. The van der Waals surface area contributed by atoms with Gasteiger partial charge in [0.15, 0.2) is 0 Å². The second-order valence-corrected chi connectivity index (χ2v) is 4.79. The van der Waals surface area contributed by atoms with Crippen LogP contribution in [0.25, 0.3) is 5.57 Å². The zero-order valence-electron chi connectivity index (χ0n) is 12.8. The molecule has 1 rings (SSSR count). The van der Waals surface area contributed by atoms with Crippen LogP contribution < -0.4 is 0 Å². The fourth-order valence-electron chi connectivity index (χ4n) is 2.97. The third kappa shape index (κ3) is 3.04. The molecule has 100 valence electrons. The van der Waals surface area contributed by atoms with Crippen LogP contribution in [0.15, 0.2) is 23.8 Å². The molecule has 0 saturated carbocycles. The van der Waals surface area contributed by atoms with Gasteiger partial charge in [-0.3, -0.25) is 0 Å². The summed E-state index contributed by atoms with van der Waals surface area (Å²) in [6, 6.07) is 6.83. The molecular weight excluding hydrogens is 216 g/mol. The lowest BCUT2D eigenvalue weighted by molar-refractivity contribution is 0.957. The Bertz CT molecular complexity index is 404. The van der Waals surface area contributed by atoms with E-state index in [2.05, 4.69) is 52.8 Å². The first kappa shape index (κ1) is 15.0. The van der Waals surface area contributed by atoms with Crippen molar-refractivity contribution in [1.82, 2.24) is 0 Å². The molecule has 0 spiro atoms. The molecule has 0 amide bonds. The highest BCUT2D eigenvalue weighted by Gasteiger charge is 2.11. The van der Waals surface area contributed by atoms with Gasteiger partial charge in [-0.05, 0) is 54.4 Å². The van der Waals surface area contributed by atoms with Crippen molar-refractivity contribution in [2.24, 2.45) is 0 Å². The fraction of sp³-hybridized carbons (Fsp3) is 0.556. The van der Waals surface area contributed by atoms with Gasteiger partial charge in [-0.1, -0.05) is 58.4 Å². The number of aryl methyl sites for hydroxylation is 1. The first-order chi connectivity index (χ1) is 8.73. The van der Waals surface area contributed by atoms with Crippen molar-refractivity contribution >= 4 is 5.57 Å². The summed E-state index contributed by atoms with van der Waals surface area (Å²) in [6.45, 7) is 11.4. The molecule has 0 unspecified atom stereocenters. The first-order valence-electron chi connectivity index (χ1n) is 7.55. The molecule has 0 radical (unpaired) electrons. The molecule has 0 heterocycles. The average molecular weight is 244 g/mol. The molecule has 0 saturated heterocycles. The minimum atomic E-state index is 1.14. The van der Waals surface area contributed by atoms with E-state index >= 15 is 0 Å². The van der Waals surface area contributed by atoms with Crippen LogP contribution in [-0.2, 0) is 12.8 Å². The van der Waals surface area contributed by atoms with Crippen LogP contribution in [0, 0.1) is 0 Å². The van der Waals surface area contributed by atoms with Crippen molar-refractivity contribution in [3.63, 3.8) is 0 Å². The van der Waals surface area contributed by atoms with Crippen LogP contribution in [0.2, 0.25) is 0 Å². The maximum Gasteiger partial charge on any atom is -0.0190 e. The smallest absolute Gasteiger partial charge is 0.0190 e. The number of benzene rings is 1. The van der Waals surface area contributed by atoms with Gasteiger partial charge in [0.1, 0.15) is 0 Å². The minimum absolute atomic E-state index is 1.14. The van der Waals surface area contributed by atoms with E-state index in [4.69, 9.17) is 0 Å². The Balaban J connectivity index is 3.42. The van der Waals surface area contributed by atoms with Gasteiger partial charge in [0.25, 0.3) is 0 Å². The van der Waals surface area contributed by atoms with Gasteiger partial charge in [-0.2, -0.15) is 0 Å². The summed E-state index contributed by atoms with van der Waals surface area (Å²) >= 11 is 0. The number of hydrogen-bond acceptors (Lipinski definition) is 0. The average Bonchev–Trinajstić information content (AvgIpc) is 2.43. The van der Waals surface area contributed by atoms with E-state index in [1.807, 2.05) is 0 Å². The summed E-state index contributed by atoms with van der Waals surface area (Å²) in [5.41, 5.74) is 7.81. The zero-order valence-corrected chi connectivity index (χ0v) is 12.8. The molecule has 0 bridgehead atoms. The van der Waals surface area contributed by atoms with E-state index in [1.165, 1.54) is 24.0 Å². The quantitative estimate of drug-likeness (QED) is 0.593. The highest BCUT2D eigenvalue weighted by molar-refractivity contribution is 5.72. The molecule has 0 aromatic heterocycles. The number of rotatable bonds is 6. The Morgan fingerprint density at radius 3 is 1.94 bits per heavy atom. The van der Waals surface area contributed by atoms with E-state index in [0.717, 1.165) is 19.3 Å². The van der Waals surface area contributed by atoms with Gasteiger partial charge in [0, 0.05) is 0 Å². The predicted octanol–water partition coefficient (Wildman–Crippen LogP) is 5.80. The van der Waals surface area contributed by atoms with Gasteiger partial charge in [0.2, 0.25) is 0 Å². The summed E-state index contributed by atoms with van der Waals surface area (Å²) in [4.78, 5) is 0. The third-order valence-corrected chi connectivity index (χ3v) is 3.97. The van der Waals surface area contributed by atoms with Crippen molar-refractivity contribution in [2.45, 2.75) is 66.7 Å². The summed E-state index contributed by atoms with van der Waals surface area (Å²) in [5.74, 6) is 0. The van der Waals surface area contributed by atoms with Crippen LogP contribution in [0.4, 0.5) is 0 Å². The molecule has 1 aromatic rings. The Morgan fingerprint density at radius 2 is 1.50 bits per heavy atom. The maximum absolute atomic E-state index is 2.32. The SMILES string of the molecule is CCC(CC)=C(CC)c1cccc(CC)c1CC. The molecule has 0 N–H and O–H groups in total. The third-order valence-electron chi connectivity index (χ3n) is 3.97. The van der Waals surface area contributed by atoms with Gasteiger partial charge in [-0.15, -0.1) is 0 Å². The second kappa shape index (κ2) is 7.41. The van der Waals surface area contributed by atoms with E-state index in [-0.39, 0.29) is 0 Å². The molecule has 18 heavy (non-hydrogen) atoms. The van der Waals surface area contributed by atoms with Crippen molar-refractivity contribution in [3.8, 4) is 0 Å². The fourth-order valence-corrected chi connectivity index (χ4v) is 2.97. The predicted molar refractivity (Wildman–Crippen MR) is 83.0 cm³/mol. The molecule has 0 fully saturated rings. The van der Waals surface area contributed by atoms with Crippen LogP contribution in [0.5, 0.6) is 0 Å². The standard InChI is InChI=1S/C18H28/c1-6-14(7-2)16(9-4)18-13-11-12-15(8-3)17(18)10-5/h11-13H,6-10H2,1-5H3. The Morgan fingerprint density at radius 1 is 0.833 bits per heavy atom. The molecule has 0 heteroatoms. The van der Waals surface area contributed by atoms with Crippen LogP contribution in [0.1, 0.15) is 70.6 Å². The molecular formula is C18H28. The highest BCUT2D eigenvalue weighted by atomic mass is 14.2. The van der Waals surface area contributed by atoms with E-state index < -0.39 is 0 Å². The van der Waals surface area contributed by atoms with Gasteiger partial charge < -0.3 is 0 Å². The number of allylic oxidation sites excluding steroid dienone is 2. The van der Waals surface area contributed by atoms with Crippen LogP contribution in [0.3, 0.4) is 0 Å². The van der Waals surface area contributed by atoms with Crippen molar-refractivity contribution < 1.29 is 0 Å². The second-order valence-electron chi connectivity index (χ2n) is 4.79. The van der Waals surface area contributed by atoms with Gasteiger partial charge in [-0.25, -0.2) is 0 Å². The van der Waals surface area contributed by atoms with Gasteiger partial charge >= 0.3 is 0 Å². The topological polar surface area (TPSA) is 0 Å². The summed E-state index contributed by atoms with van der Waals surface area (Å²) in [5, 5.41) is 0. The van der Waals surface area contributed by atoms with Crippen LogP contribution in [-0.4, -0.2) is 0 Å². The van der Waals surface area contributed by atoms with Crippen LogP contribution >= 0.6 is 0 Å². The minimum Gasteiger partial charge on any atom is -0.0670 e. The lowest BCUT2D eigenvalue weighted by Crippen LogP contribution is -2.00. The summed E-state index contributed by atoms with van der Waals surface area (Å²) < 4.78 is 0. The Kier molecular flexibility index (Phi) is 6.18. The maximum atomic E-state index is 2.32. The molecule has 0 aliphatic carbocycles. The summed E-state index contributed by atoms with van der Waals surface area (Å²) in [7, 11) is 0. The van der Waals surface area contributed by atoms with Gasteiger partial charge in [0.05, 0.1) is 0 Å². The highest BCUT2D eigenvalue weighted by Crippen LogP contribution is 2.30. The molecule has 0 atom stereocenters. The van der Waals surface area contributed by atoms with E-state index in [9.17, 15) is 0 Å². The van der Waals surface area contributed by atoms with Crippen molar-refractivity contribution in [2.75, 3.05) is 0 Å². The van der Waals surface area contributed by atoms with Crippen molar-refractivity contribution in [1.29, 1.82) is 0 Å². The lowest BCUT2D eigenvalue weighted by Gasteiger charge is -2.18.